The predicted octanol–water partition coefficient (Wildman–Crippen LogP) is 2.94. The Balaban J connectivity index is 1.38. The van der Waals surface area contributed by atoms with Crippen molar-refractivity contribution in [1.82, 2.24) is 20.2 Å². The lowest BCUT2D eigenvalue weighted by Gasteiger charge is -2.27. The molecule has 0 bridgehead atoms. The van der Waals surface area contributed by atoms with Crippen LogP contribution in [0.4, 0.5) is 5.82 Å². The summed E-state index contributed by atoms with van der Waals surface area (Å²) in [5, 5.41) is 10.0. The highest BCUT2D eigenvalue weighted by atomic mass is 16.5. The minimum Gasteiger partial charge on any atom is -0.496 e. The second-order valence-electron chi connectivity index (χ2n) is 7.75. The van der Waals surface area contributed by atoms with Gasteiger partial charge in [-0.3, -0.25) is 19.4 Å². The molecule has 10 heteroatoms. The van der Waals surface area contributed by atoms with Crippen molar-refractivity contribution in [2.75, 3.05) is 25.5 Å². The van der Waals surface area contributed by atoms with Gasteiger partial charge in [0.25, 0.3) is 5.91 Å². The minimum absolute atomic E-state index is 0.142. The summed E-state index contributed by atoms with van der Waals surface area (Å²) in [7, 11) is 1.54. The van der Waals surface area contributed by atoms with Crippen molar-refractivity contribution in [2.45, 2.75) is 32.6 Å². The molecule has 2 aromatic heterocycles. The molecule has 1 N–H and O–H groups in total. The van der Waals surface area contributed by atoms with Gasteiger partial charge in [0.05, 0.1) is 12.6 Å². The summed E-state index contributed by atoms with van der Waals surface area (Å²) in [4.78, 5) is 42.5. The summed E-state index contributed by atoms with van der Waals surface area (Å²) in [6.45, 7) is 2.60. The fourth-order valence-corrected chi connectivity index (χ4v) is 3.80. The highest BCUT2D eigenvalue weighted by Crippen LogP contribution is 2.26. The molecule has 3 heterocycles. The molecule has 10 nitrogen and oxygen atoms in total. The fourth-order valence-electron chi connectivity index (χ4n) is 3.80. The summed E-state index contributed by atoms with van der Waals surface area (Å²) in [6, 6.07) is 10.6. The van der Waals surface area contributed by atoms with E-state index < -0.39 is 0 Å². The zero-order valence-corrected chi connectivity index (χ0v) is 18.5. The zero-order chi connectivity index (χ0) is 23.4. The number of hydrazine groups is 1. The van der Waals surface area contributed by atoms with E-state index in [0.29, 0.717) is 48.8 Å². The monoisotopic (exact) mass is 451 g/mol. The second-order valence-corrected chi connectivity index (χ2v) is 7.75. The molecule has 33 heavy (non-hydrogen) atoms. The van der Waals surface area contributed by atoms with Crippen molar-refractivity contribution in [3.63, 3.8) is 0 Å². The molecule has 0 atom stereocenters. The first-order valence-corrected chi connectivity index (χ1v) is 10.8. The molecule has 1 aromatic carbocycles. The first-order chi connectivity index (χ1) is 16.0. The number of fused-ring (bicyclic) bond motifs is 1. The molecule has 0 aliphatic carbocycles. The largest absolute Gasteiger partial charge is 0.496 e. The molecule has 3 aromatic rings. The van der Waals surface area contributed by atoms with Gasteiger partial charge in [-0.15, -0.1) is 0 Å². The number of benzene rings is 1. The Bertz CT molecular complexity index is 1190. The number of rotatable bonds is 7. The molecule has 0 radical (unpaired) electrons. The summed E-state index contributed by atoms with van der Waals surface area (Å²) < 4.78 is 10.3. The summed E-state index contributed by atoms with van der Waals surface area (Å²) in [6.07, 6.45) is 1.32. The normalized spacial score (nSPS) is 13.4. The van der Waals surface area contributed by atoms with Crippen LogP contribution in [0.3, 0.4) is 0 Å². The van der Waals surface area contributed by atoms with Crippen molar-refractivity contribution < 1.29 is 23.6 Å². The van der Waals surface area contributed by atoms with Gasteiger partial charge >= 0.3 is 0 Å². The van der Waals surface area contributed by atoms with Crippen LogP contribution >= 0.6 is 0 Å². The minimum atomic E-state index is -0.357. The van der Waals surface area contributed by atoms with Crippen LogP contribution in [-0.4, -0.2) is 58.1 Å². The van der Waals surface area contributed by atoms with Gasteiger partial charge in [0.1, 0.15) is 17.2 Å². The van der Waals surface area contributed by atoms with Gasteiger partial charge in [-0.1, -0.05) is 17.3 Å². The van der Waals surface area contributed by atoms with Crippen LogP contribution in [0.1, 0.15) is 41.9 Å². The summed E-state index contributed by atoms with van der Waals surface area (Å²) in [5.74, 6) is 0.672. The van der Waals surface area contributed by atoms with E-state index in [2.05, 4.69) is 15.5 Å². The predicted molar refractivity (Wildman–Crippen MR) is 119 cm³/mol. The molecule has 0 unspecified atom stereocenters. The van der Waals surface area contributed by atoms with E-state index >= 15 is 0 Å². The number of nitrogens with one attached hydrogen (secondary N) is 1. The third-order valence-electron chi connectivity index (χ3n) is 5.36. The Morgan fingerprint density at radius 1 is 1.12 bits per heavy atom. The number of ether oxygens (including phenoxy) is 1. The molecule has 1 aliphatic heterocycles. The molecule has 0 spiro atoms. The fraction of sp³-hybridized carbons (Fsp3) is 0.348. The van der Waals surface area contributed by atoms with Crippen LogP contribution in [0.25, 0.3) is 10.9 Å². The highest BCUT2D eigenvalue weighted by molar-refractivity contribution is 5.98. The lowest BCUT2D eigenvalue weighted by atomic mass is 10.1. The first kappa shape index (κ1) is 22.3. The highest BCUT2D eigenvalue weighted by Gasteiger charge is 2.32. The van der Waals surface area contributed by atoms with Crippen molar-refractivity contribution in [1.29, 1.82) is 0 Å². The average molecular weight is 451 g/mol. The van der Waals surface area contributed by atoms with Crippen molar-refractivity contribution >= 4 is 34.4 Å². The van der Waals surface area contributed by atoms with Gasteiger partial charge in [0, 0.05) is 43.5 Å². The number of aryl methyl sites for hydroxylation is 1. The topological polar surface area (TPSA) is 118 Å². The van der Waals surface area contributed by atoms with E-state index in [4.69, 9.17) is 9.26 Å². The van der Waals surface area contributed by atoms with Gasteiger partial charge in [0.2, 0.25) is 11.8 Å². The van der Waals surface area contributed by atoms with E-state index in [0.717, 1.165) is 5.39 Å². The molecule has 4 rings (SSSR count). The first-order valence-electron chi connectivity index (χ1n) is 10.8. The van der Waals surface area contributed by atoms with Crippen LogP contribution in [0.5, 0.6) is 5.75 Å². The van der Waals surface area contributed by atoms with E-state index in [1.165, 1.54) is 10.0 Å². The SMILES string of the molecule is COc1cc(C(=O)N2CCCN2C(=O)CCCC(=O)Nc2cc(C)on2)nc2ccccc12. The Hall–Kier alpha value is -3.95. The lowest BCUT2D eigenvalue weighted by Crippen LogP contribution is -2.45. The molecule has 1 saturated heterocycles. The van der Waals surface area contributed by atoms with E-state index in [9.17, 15) is 14.4 Å². The number of amides is 3. The second kappa shape index (κ2) is 9.68. The summed E-state index contributed by atoms with van der Waals surface area (Å²) >= 11 is 0. The maximum absolute atomic E-state index is 13.2. The number of carbonyl (C=O) groups is 3. The van der Waals surface area contributed by atoms with Gasteiger partial charge in [-0.25, -0.2) is 9.99 Å². The number of para-hydroxylation sites is 1. The van der Waals surface area contributed by atoms with E-state index in [-0.39, 0.29) is 36.3 Å². The Labute approximate surface area is 190 Å². The third-order valence-corrected chi connectivity index (χ3v) is 5.36. The Kier molecular flexibility index (Phi) is 6.53. The number of carbonyl (C=O) groups excluding carboxylic acids is 3. The lowest BCUT2D eigenvalue weighted by molar-refractivity contribution is -0.140. The number of pyridine rings is 1. The maximum Gasteiger partial charge on any atom is 0.291 e. The number of methoxy groups -OCH3 is 1. The van der Waals surface area contributed by atoms with Gasteiger partial charge in [-0.05, 0) is 31.9 Å². The third kappa shape index (κ3) is 4.94. The Morgan fingerprint density at radius 3 is 2.67 bits per heavy atom. The quantitative estimate of drug-likeness (QED) is 0.587. The molecule has 172 valence electrons. The van der Waals surface area contributed by atoms with Gasteiger partial charge < -0.3 is 14.6 Å². The zero-order valence-electron chi connectivity index (χ0n) is 18.5. The van der Waals surface area contributed by atoms with E-state index in [1.807, 2.05) is 24.3 Å². The standard InChI is InChI=1S/C23H25N5O5/c1-15-13-20(26-33-15)25-21(29)9-5-10-22(30)27-11-6-12-28(27)23(31)18-14-19(32-2)16-7-3-4-8-17(16)24-18/h3-4,7-8,13-14H,5-6,9-12H2,1-2H3,(H,25,26,29). The van der Waals surface area contributed by atoms with Gasteiger partial charge in [-0.2, -0.15) is 0 Å². The van der Waals surface area contributed by atoms with Crippen LogP contribution < -0.4 is 10.1 Å². The molecule has 1 fully saturated rings. The smallest absolute Gasteiger partial charge is 0.291 e. The average Bonchev–Trinajstić information content (AvgIpc) is 3.46. The number of hydrogen-bond acceptors (Lipinski definition) is 7. The number of aromatic nitrogens is 2. The molecule has 3 amide bonds. The van der Waals surface area contributed by atoms with Crippen molar-refractivity contribution in [3.8, 4) is 5.75 Å². The maximum atomic E-state index is 13.2. The van der Waals surface area contributed by atoms with Crippen LogP contribution in [-0.2, 0) is 9.59 Å². The molecular weight excluding hydrogens is 426 g/mol. The van der Waals surface area contributed by atoms with Crippen molar-refractivity contribution in [2.24, 2.45) is 0 Å². The Morgan fingerprint density at radius 2 is 1.91 bits per heavy atom. The number of anilines is 1. The van der Waals surface area contributed by atoms with Crippen LogP contribution in [0.15, 0.2) is 40.9 Å². The number of nitrogens with zero attached hydrogens (tertiary/aromatic N) is 4. The van der Waals surface area contributed by atoms with Gasteiger partial charge in [0.15, 0.2) is 5.82 Å². The summed E-state index contributed by atoms with van der Waals surface area (Å²) in [5.41, 5.74) is 0.859. The van der Waals surface area contributed by atoms with E-state index in [1.54, 1.807) is 26.2 Å². The van der Waals surface area contributed by atoms with Crippen LogP contribution in [0.2, 0.25) is 0 Å². The molecule has 0 saturated carbocycles. The molecular formula is C23H25N5O5. The number of hydrogen-bond donors (Lipinski definition) is 1. The van der Waals surface area contributed by atoms with Crippen molar-refractivity contribution in [3.05, 3.63) is 47.9 Å². The molecule has 1 aliphatic rings. The van der Waals surface area contributed by atoms with Crippen LogP contribution in [0, 0.1) is 6.92 Å².